The summed E-state index contributed by atoms with van der Waals surface area (Å²) < 4.78 is 5.45. The molecule has 2 heterocycles. The van der Waals surface area contributed by atoms with Crippen molar-refractivity contribution >= 4 is 27.8 Å². The van der Waals surface area contributed by atoms with Crippen LogP contribution >= 0.6 is 0 Å². The number of aromatic amines is 1. The van der Waals surface area contributed by atoms with Gasteiger partial charge < -0.3 is 9.72 Å². The summed E-state index contributed by atoms with van der Waals surface area (Å²) in [5.41, 5.74) is 3.25. The van der Waals surface area contributed by atoms with Crippen molar-refractivity contribution in [3.8, 4) is 0 Å². The largest absolute Gasteiger partial charge is 0.457 e. The van der Waals surface area contributed by atoms with Crippen molar-refractivity contribution in [3.05, 3.63) is 78.1 Å². The molecule has 2 aromatic carbocycles. The van der Waals surface area contributed by atoms with Crippen molar-refractivity contribution in [1.82, 2.24) is 9.97 Å². The number of fused-ring (bicyclic) bond motifs is 3. The van der Waals surface area contributed by atoms with Crippen molar-refractivity contribution < 1.29 is 9.53 Å². The fourth-order valence-electron chi connectivity index (χ4n) is 2.76. The number of aromatic nitrogens is 2. The third kappa shape index (κ3) is 2.44. The molecule has 0 unspecified atom stereocenters. The zero-order valence-electron chi connectivity index (χ0n) is 12.3. The molecule has 0 atom stereocenters. The van der Waals surface area contributed by atoms with Gasteiger partial charge in [-0.2, -0.15) is 0 Å². The van der Waals surface area contributed by atoms with Crippen LogP contribution in [-0.4, -0.2) is 15.9 Å². The minimum Gasteiger partial charge on any atom is -0.457 e. The van der Waals surface area contributed by atoms with Gasteiger partial charge in [0.1, 0.15) is 6.61 Å². The highest BCUT2D eigenvalue weighted by Gasteiger charge is 2.16. The Morgan fingerprint density at radius 3 is 2.61 bits per heavy atom. The Labute approximate surface area is 132 Å². The lowest BCUT2D eigenvalue weighted by Crippen LogP contribution is -2.06. The van der Waals surface area contributed by atoms with Crippen molar-refractivity contribution in [2.75, 3.05) is 0 Å². The number of rotatable bonds is 3. The van der Waals surface area contributed by atoms with E-state index in [1.54, 1.807) is 12.4 Å². The first kappa shape index (κ1) is 13.5. The van der Waals surface area contributed by atoms with E-state index in [0.29, 0.717) is 5.56 Å². The summed E-state index contributed by atoms with van der Waals surface area (Å²) in [7, 11) is 0. The van der Waals surface area contributed by atoms with E-state index in [9.17, 15) is 4.79 Å². The predicted molar refractivity (Wildman–Crippen MR) is 89.2 cm³/mol. The lowest BCUT2D eigenvalue weighted by atomic mass is 10.1. The highest BCUT2D eigenvalue weighted by Crippen LogP contribution is 2.28. The number of H-pyrrole nitrogens is 1. The molecule has 0 aliphatic rings. The van der Waals surface area contributed by atoms with Crippen LogP contribution < -0.4 is 0 Å². The number of carbonyl (C=O) groups excluding carboxylic acids is 1. The Morgan fingerprint density at radius 1 is 0.957 bits per heavy atom. The molecule has 0 radical (unpaired) electrons. The normalized spacial score (nSPS) is 11.0. The fourth-order valence-corrected chi connectivity index (χ4v) is 2.76. The maximum Gasteiger partial charge on any atom is 0.340 e. The van der Waals surface area contributed by atoms with Gasteiger partial charge in [0.05, 0.1) is 17.3 Å². The number of nitrogens with one attached hydrogen (secondary N) is 1. The zero-order chi connectivity index (χ0) is 15.6. The van der Waals surface area contributed by atoms with E-state index in [0.717, 1.165) is 27.4 Å². The number of ether oxygens (including phenoxy) is 1. The Kier molecular flexibility index (Phi) is 3.27. The molecule has 4 nitrogen and oxygen atoms in total. The Bertz CT molecular complexity index is 990. The molecule has 0 saturated heterocycles. The maximum atomic E-state index is 12.5. The van der Waals surface area contributed by atoms with E-state index in [4.69, 9.17) is 4.74 Å². The van der Waals surface area contributed by atoms with Gasteiger partial charge in [0, 0.05) is 22.5 Å². The minimum atomic E-state index is -0.364. The van der Waals surface area contributed by atoms with E-state index in [-0.39, 0.29) is 12.6 Å². The quantitative estimate of drug-likeness (QED) is 0.580. The number of hydrogen-bond donors (Lipinski definition) is 1. The van der Waals surface area contributed by atoms with Crippen molar-refractivity contribution in [2.24, 2.45) is 0 Å². The molecule has 0 aliphatic heterocycles. The van der Waals surface area contributed by atoms with Gasteiger partial charge in [-0.15, -0.1) is 0 Å². The summed E-state index contributed by atoms with van der Waals surface area (Å²) in [5, 5.41) is 1.85. The number of nitrogens with zero attached hydrogens (tertiary/aromatic N) is 1. The Balaban J connectivity index is 1.72. The van der Waals surface area contributed by atoms with Crippen LogP contribution in [0.5, 0.6) is 0 Å². The van der Waals surface area contributed by atoms with Crippen LogP contribution in [0.4, 0.5) is 0 Å². The van der Waals surface area contributed by atoms with Gasteiger partial charge in [0.15, 0.2) is 0 Å². The SMILES string of the molecule is O=C(OCc1ccccc1)c1cncc2[nH]c3ccccc3c12. The molecule has 4 aromatic rings. The number of pyridine rings is 1. The van der Waals surface area contributed by atoms with Crippen LogP contribution in [0, 0.1) is 0 Å². The van der Waals surface area contributed by atoms with E-state index in [2.05, 4.69) is 9.97 Å². The topological polar surface area (TPSA) is 55.0 Å². The van der Waals surface area contributed by atoms with Crippen LogP contribution in [0.25, 0.3) is 21.8 Å². The zero-order valence-corrected chi connectivity index (χ0v) is 12.3. The Hall–Kier alpha value is -3.14. The summed E-state index contributed by atoms with van der Waals surface area (Å²) in [4.78, 5) is 19.9. The number of benzene rings is 2. The van der Waals surface area contributed by atoms with Crippen molar-refractivity contribution in [1.29, 1.82) is 0 Å². The first-order valence-corrected chi connectivity index (χ1v) is 7.38. The average Bonchev–Trinajstić information content (AvgIpc) is 2.99. The number of carbonyl (C=O) groups is 1. The molecule has 23 heavy (non-hydrogen) atoms. The van der Waals surface area contributed by atoms with Crippen LogP contribution in [0.2, 0.25) is 0 Å². The summed E-state index contributed by atoms with van der Waals surface area (Å²) in [5.74, 6) is -0.364. The van der Waals surface area contributed by atoms with Gasteiger partial charge in [-0.25, -0.2) is 4.79 Å². The molecule has 0 spiro atoms. The van der Waals surface area contributed by atoms with E-state index >= 15 is 0 Å². The second-order valence-corrected chi connectivity index (χ2v) is 5.34. The highest BCUT2D eigenvalue weighted by atomic mass is 16.5. The first-order chi connectivity index (χ1) is 11.3. The molecular weight excluding hydrogens is 288 g/mol. The number of para-hydroxylation sites is 1. The smallest absolute Gasteiger partial charge is 0.340 e. The molecule has 0 amide bonds. The van der Waals surface area contributed by atoms with E-state index in [1.165, 1.54) is 0 Å². The number of hydrogen-bond acceptors (Lipinski definition) is 3. The summed E-state index contributed by atoms with van der Waals surface area (Å²) in [6, 6.07) is 17.5. The summed E-state index contributed by atoms with van der Waals surface area (Å²) in [6.07, 6.45) is 3.29. The number of esters is 1. The maximum absolute atomic E-state index is 12.5. The molecule has 0 saturated carbocycles. The molecule has 4 heteroatoms. The second kappa shape index (κ2) is 5.57. The van der Waals surface area contributed by atoms with Gasteiger partial charge in [-0.05, 0) is 11.6 Å². The molecule has 2 aromatic heterocycles. The fraction of sp³-hybridized carbons (Fsp3) is 0.0526. The van der Waals surface area contributed by atoms with E-state index < -0.39 is 0 Å². The minimum absolute atomic E-state index is 0.248. The van der Waals surface area contributed by atoms with Crippen LogP contribution in [-0.2, 0) is 11.3 Å². The summed E-state index contributed by atoms with van der Waals surface area (Å²) >= 11 is 0. The standard InChI is InChI=1S/C19H14N2O2/c22-19(23-12-13-6-2-1-3-7-13)15-10-20-11-17-18(15)14-8-4-5-9-16(14)21-17/h1-11,21H,12H2. The Morgan fingerprint density at radius 2 is 1.74 bits per heavy atom. The molecule has 0 aliphatic carbocycles. The van der Waals surface area contributed by atoms with Crippen molar-refractivity contribution in [2.45, 2.75) is 6.61 Å². The molecule has 1 N–H and O–H groups in total. The second-order valence-electron chi connectivity index (χ2n) is 5.34. The average molecular weight is 302 g/mol. The van der Waals surface area contributed by atoms with Crippen LogP contribution in [0.1, 0.15) is 15.9 Å². The monoisotopic (exact) mass is 302 g/mol. The predicted octanol–water partition coefficient (Wildman–Crippen LogP) is 4.07. The molecule has 0 bridgehead atoms. The molecule has 4 rings (SSSR count). The summed E-state index contributed by atoms with van der Waals surface area (Å²) in [6.45, 7) is 0.248. The van der Waals surface area contributed by atoms with Gasteiger partial charge in [0.2, 0.25) is 0 Å². The third-order valence-electron chi connectivity index (χ3n) is 3.84. The first-order valence-electron chi connectivity index (χ1n) is 7.38. The highest BCUT2D eigenvalue weighted by molar-refractivity contribution is 6.16. The van der Waals surface area contributed by atoms with Gasteiger partial charge >= 0.3 is 5.97 Å². The van der Waals surface area contributed by atoms with Gasteiger partial charge in [-0.3, -0.25) is 4.98 Å². The van der Waals surface area contributed by atoms with Crippen LogP contribution in [0.3, 0.4) is 0 Å². The molecule has 112 valence electrons. The van der Waals surface area contributed by atoms with Crippen molar-refractivity contribution in [3.63, 3.8) is 0 Å². The van der Waals surface area contributed by atoms with E-state index in [1.807, 2.05) is 54.6 Å². The van der Waals surface area contributed by atoms with Gasteiger partial charge in [0.25, 0.3) is 0 Å². The molecule has 0 fully saturated rings. The van der Waals surface area contributed by atoms with Crippen LogP contribution in [0.15, 0.2) is 67.0 Å². The van der Waals surface area contributed by atoms with Gasteiger partial charge in [-0.1, -0.05) is 48.5 Å². The lowest BCUT2D eigenvalue weighted by molar-refractivity contribution is 0.0474. The third-order valence-corrected chi connectivity index (χ3v) is 3.84. The molecular formula is C19H14N2O2. The lowest BCUT2D eigenvalue weighted by Gasteiger charge is -2.06.